The number of nitrogens with zero attached hydrogens (tertiary/aromatic N) is 3. The Kier molecular flexibility index (Phi) is 2.12. The molecular formula is C9H13N3O. The molecule has 0 saturated carbocycles. The van der Waals surface area contributed by atoms with Crippen LogP contribution >= 0.6 is 0 Å². The largest absolute Gasteiger partial charge is 0.305 e. The van der Waals surface area contributed by atoms with Gasteiger partial charge in [0.2, 0.25) is 0 Å². The number of carbonyl (C=O) groups excluding carboxylic acids is 1. The van der Waals surface area contributed by atoms with Crippen molar-refractivity contribution in [3.05, 3.63) is 11.6 Å². The molecule has 0 bridgehead atoms. The third kappa shape index (κ3) is 1.26. The number of hydrogen-bond acceptors (Lipinski definition) is 3. The van der Waals surface area contributed by atoms with Crippen LogP contribution in [0.2, 0.25) is 0 Å². The molecule has 1 atom stereocenters. The van der Waals surface area contributed by atoms with Crippen molar-refractivity contribution in [3.8, 4) is 0 Å². The van der Waals surface area contributed by atoms with E-state index in [1.807, 2.05) is 11.5 Å². The summed E-state index contributed by atoms with van der Waals surface area (Å²) in [5.74, 6) is 1.91. The van der Waals surface area contributed by atoms with E-state index in [9.17, 15) is 4.79 Å². The lowest BCUT2D eigenvalue weighted by atomic mass is 10.1. The van der Waals surface area contributed by atoms with Crippen LogP contribution in [-0.4, -0.2) is 21.1 Å². The molecule has 70 valence electrons. The molecule has 0 aliphatic carbocycles. The van der Waals surface area contributed by atoms with Crippen molar-refractivity contribution in [1.29, 1.82) is 0 Å². The Morgan fingerprint density at radius 2 is 2.46 bits per heavy atom. The number of rotatable bonds is 2. The van der Waals surface area contributed by atoms with Crippen molar-refractivity contribution in [2.24, 2.45) is 0 Å². The summed E-state index contributed by atoms with van der Waals surface area (Å²) in [6.45, 7) is 2.04. The first kappa shape index (κ1) is 8.41. The molecule has 0 fully saturated rings. The average molecular weight is 179 g/mol. The summed E-state index contributed by atoms with van der Waals surface area (Å²) in [5.41, 5.74) is 0. The first-order valence-corrected chi connectivity index (χ1v) is 4.74. The molecule has 1 aromatic rings. The van der Waals surface area contributed by atoms with Gasteiger partial charge in [-0.1, -0.05) is 6.92 Å². The van der Waals surface area contributed by atoms with Gasteiger partial charge in [-0.2, -0.15) is 0 Å². The van der Waals surface area contributed by atoms with Crippen LogP contribution < -0.4 is 0 Å². The quantitative estimate of drug-likeness (QED) is 0.634. The van der Waals surface area contributed by atoms with Crippen molar-refractivity contribution in [3.63, 3.8) is 0 Å². The molecule has 2 heterocycles. The van der Waals surface area contributed by atoms with Crippen molar-refractivity contribution >= 4 is 6.29 Å². The second-order valence-corrected chi connectivity index (χ2v) is 3.35. The molecule has 0 saturated heterocycles. The van der Waals surface area contributed by atoms with Gasteiger partial charge >= 0.3 is 0 Å². The monoisotopic (exact) mass is 179 g/mol. The molecule has 13 heavy (non-hydrogen) atoms. The highest BCUT2D eigenvalue weighted by atomic mass is 16.1. The predicted octanol–water partition coefficient (Wildman–Crippen LogP) is 0.917. The lowest BCUT2D eigenvalue weighted by Crippen LogP contribution is -2.20. The first-order valence-electron chi connectivity index (χ1n) is 4.74. The highest BCUT2D eigenvalue weighted by Gasteiger charge is 2.22. The third-order valence-corrected chi connectivity index (χ3v) is 2.54. The Morgan fingerprint density at radius 3 is 3.15 bits per heavy atom. The molecule has 0 amide bonds. The number of aromatic nitrogens is 3. The van der Waals surface area contributed by atoms with Crippen molar-refractivity contribution in [1.82, 2.24) is 14.8 Å². The molecule has 1 unspecified atom stereocenters. The zero-order valence-corrected chi connectivity index (χ0v) is 7.73. The van der Waals surface area contributed by atoms with E-state index >= 15 is 0 Å². The number of aryl methyl sites for hydroxylation is 2. The van der Waals surface area contributed by atoms with Gasteiger partial charge in [-0.15, -0.1) is 10.2 Å². The molecule has 1 aromatic heterocycles. The van der Waals surface area contributed by atoms with E-state index in [0.29, 0.717) is 0 Å². The van der Waals surface area contributed by atoms with E-state index in [-0.39, 0.29) is 6.04 Å². The van der Waals surface area contributed by atoms with Gasteiger partial charge < -0.3 is 9.36 Å². The van der Waals surface area contributed by atoms with E-state index in [2.05, 4.69) is 10.2 Å². The normalized spacial score (nSPS) is 21.2. The Labute approximate surface area is 77.0 Å². The topological polar surface area (TPSA) is 47.8 Å². The number of hydrogen-bond donors (Lipinski definition) is 0. The predicted molar refractivity (Wildman–Crippen MR) is 47.4 cm³/mol. The fraction of sp³-hybridized carbons (Fsp3) is 0.667. The van der Waals surface area contributed by atoms with E-state index in [0.717, 1.165) is 43.6 Å². The maximum atomic E-state index is 10.8. The summed E-state index contributed by atoms with van der Waals surface area (Å²) < 4.78 is 2.00. The molecule has 1 aliphatic rings. The van der Waals surface area contributed by atoms with Crippen LogP contribution in [0, 0.1) is 0 Å². The molecule has 0 spiro atoms. The fourth-order valence-corrected chi connectivity index (χ4v) is 1.88. The van der Waals surface area contributed by atoms with Crippen molar-refractivity contribution in [2.75, 3.05) is 0 Å². The van der Waals surface area contributed by atoms with Gasteiger partial charge in [0.05, 0.1) is 6.04 Å². The second-order valence-electron chi connectivity index (χ2n) is 3.35. The molecule has 4 nitrogen and oxygen atoms in total. The maximum absolute atomic E-state index is 10.8. The van der Waals surface area contributed by atoms with E-state index in [4.69, 9.17) is 0 Å². The summed E-state index contributed by atoms with van der Waals surface area (Å²) in [7, 11) is 0. The van der Waals surface area contributed by atoms with Crippen LogP contribution in [0.5, 0.6) is 0 Å². The highest BCUT2D eigenvalue weighted by Crippen LogP contribution is 2.23. The SMILES string of the molecule is CCc1nnc2n1C(C=O)CCC2. The molecule has 0 radical (unpaired) electrons. The second kappa shape index (κ2) is 3.28. The minimum atomic E-state index is -0.0197. The first-order chi connectivity index (χ1) is 6.36. The fourth-order valence-electron chi connectivity index (χ4n) is 1.88. The maximum Gasteiger partial charge on any atom is 0.142 e. The third-order valence-electron chi connectivity index (χ3n) is 2.54. The van der Waals surface area contributed by atoms with Crippen molar-refractivity contribution in [2.45, 2.75) is 38.6 Å². The van der Waals surface area contributed by atoms with E-state index in [1.54, 1.807) is 0 Å². The van der Waals surface area contributed by atoms with Crippen LogP contribution in [0.25, 0.3) is 0 Å². The van der Waals surface area contributed by atoms with Crippen LogP contribution in [0.1, 0.15) is 37.5 Å². The van der Waals surface area contributed by atoms with Crippen LogP contribution in [0.3, 0.4) is 0 Å². The van der Waals surface area contributed by atoms with Crippen LogP contribution in [0.4, 0.5) is 0 Å². The number of carbonyl (C=O) groups is 1. The molecule has 1 aliphatic heterocycles. The van der Waals surface area contributed by atoms with E-state index < -0.39 is 0 Å². The minimum absolute atomic E-state index is 0.0197. The van der Waals surface area contributed by atoms with Gasteiger partial charge in [0.1, 0.15) is 17.9 Å². The Bertz CT molecular complexity index is 305. The average Bonchev–Trinajstić information content (AvgIpc) is 2.60. The Morgan fingerprint density at radius 1 is 1.62 bits per heavy atom. The summed E-state index contributed by atoms with van der Waals surface area (Å²) in [4.78, 5) is 10.8. The summed E-state index contributed by atoms with van der Waals surface area (Å²) in [6, 6.07) is -0.0197. The summed E-state index contributed by atoms with van der Waals surface area (Å²) in [6.07, 6.45) is 4.78. The molecule has 0 N–H and O–H groups in total. The van der Waals surface area contributed by atoms with Gasteiger partial charge in [0.25, 0.3) is 0 Å². The zero-order chi connectivity index (χ0) is 9.26. The summed E-state index contributed by atoms with van der Waals surface area (Å²) in [5, 5.41) is 8.15. The van der Waals surface area contributed by atoms with Gasteiger partial charge in [0, 0.05) is 12.8 Å². The Balaban J connectivity index is 2.44. The van der Waals surface area contributed by atoms with E-state index in [1.165, 1.54) is 0 Å². The number of aldehydes is 1. The number of fused-ring (bicyclic) bond motifs is 1. The standard InChI is InChI=1S/C9H13N3O/c1-2-8-10-11-9-5-3-4-7(6-13)12(8)9/h6-7H,2-5H2,1H3. The van der Waals surface area contributed by atoms with Gasteiger partial charge in [-0.3, -0.25) is 0 Å². The lowest BCUT2D eigenvalue weighted by molar-refractivity contribution is -0.111. The smallest absolute Gasteiger partial charge is 0.142 e. The Hall–Kier alpha value is -1.19. The summed E-state index contributed by atoms with van der Waals surface area (Å²) >= 11 is 0. The molecule has 0 aromatic carbocycles. The van der Waals surface area contributed by atoms with Gasteiger partial charge in [-0.25, -0.2) is 0 Å². The molecule has 4 heteroatoms. The van der Waals surface area contributed by atoms with Gasteiger partial charge in [-0.05, 0) is 12.8 Å². The lowest BCUT2D eigenvalue weighted by Gasteiger charge is -2.20. The van der Waals surface area contributed by atoms with Crippen LogP contribution in [-0.2, 0) is 17.6 Å². The van der Waals surface area contributed by atoms with Crippen LogP contribution in [0.15, 0.2) is 0 Å². The minimum Gasteiger partial charge on any atom is -0.305 e. The molecule has 2 rings (SSSR count). The zero-order valence-electron chi connectivity index (χ0n) is 7.73. The highest BCUT2D eigenvalue weighted by molar-refractivity contribution is 5.56. The van der Waals surface area contributed by atoms with Crippen molar-refractivity contribution < 1.29 is 4.79 Å². The van der Waals surface area contributed by atoms with Gasteiger partial charge in [0.15, 0.2) is 0 Å². The molecular weight excluding hydrogens is 166 g/mol.